The number of nitrogens with zero attached hydrogens (tertiary/aromatic N) is 3. The number of ether oxygens (including phenoxy) is 1. The Bertz CT molecular complexity index is 1030. The van der Waals surface area contributed by atoms with E-state index in [2.05, 4.69) is 21.3 Å². The van der Waals surface area contributed by atoms with Gasteiger partial charge in [-0.25, -0.2) is 4.79 Å². The normalized spacial score (nSPS) is 22.6. The predicted octanol–water partition coefficient (Wildman–Crippen LogP) is 3.96. The lowest BCUT2D eigenvalue weighted by molar-refractivity contribution is 0.0905. The summed E-state index contributed by atoms with van der Waals surface area (Å²) in [6.07, 6.45) is 2.17. The molecule has 2 aromatic rings. The van der Waals surface area contributed by atoms with Gasteiger partial charge in [0, 0.05) is 68.1 Å². The van der Waals surface area contributed by atoms with E-state index in [0.717, 1.165) is 90.2 Å². The minimum absolute atomic E-state index is 0.289. The second-order valence-electron chi connectivity index (χ2n) is 8.93. The fraction of sp³-hybridized carbons (Fsp3) is 0.565. The first-order valence-corrected chi connectivity index (χ1v) is 13.0. The van der Waals surface area contributed by atoms with E-state index >= 15 is 0 Å². The molecule has 0 bridgehead atoms. The van der Waals surface area contributed by atoms with Gasteiger partial charge in [0.15, 0.2) is 0 Å². The smallest absolute Gasteiger partial charge is 0.407 e. The van der Waals surface area contributed by atoms with E-state index in [4.69, 9.17) is 26.4 Å². The van der Waals surface area contributed by atoms with Crippen LogP contribution in [0.4, 0.5) is 10.5 Å². The molecule has 1 aromatic heterocycles. The monoisotopic (exact) mass is 491 g/mol. The van der Waals surface area contributed by atoms with Crippen molar-refractivity contribution in [2.24, 2.45) is 4.99 Å². The quantitative estimate of drug-likeness (QED) is 0.566. The Morgan fingerprint density at radius 1 is 1.24 bits per heavy atom. The highest BCUT2D eigenvalue weighted by molar-refractivity contribution is 8.14. The number of benzene rings is 1. The molecule has 4 heterocycles. The van der Waals surface area contributed by atoms with Crippen molar-refractivity contribution in [3.05, 3.63) is 28.9 Å². The molecular formula is C23H30ClN5O3S. The standard InChI is InChI=1S/C23H30ClN5O3S/c24-16-11-15-12-20(27-21(15)19(13-16)25-17-2-9-32-10-3-17)22-26-18(14-33-22)1-4-28-5-7-29(8-6-28)23(30)31/h11-13,17-18,25,27H,1-10,14H2,(H,30,31)/t18-/m1/s1. The van der Waals surface area contributed by atoms with E-state index in [1.165, 1.54) is 4.90 Å². The summed E-state index contributed by atoms with van der Waals surface area (Å²) in [5, 5.41) is 15.6. The van der Waals surface area contributed by atoms with Crippen LogP contribution in [-0.2, 0) is 4.74 Å². The molecule has 0 spiro atoms. The number of anilines is 1. The van der Waals surface area contributed by atoms with Crippen LogP contribution in [-0.4, -0.2) is 94.8 Å². The first-order valence-electron chi connectivity index (χ1n) is 11.6. The van der Waals surface area contributed by atoms with Crippen molar-refractivity contribution in [2.45, 2.75) is 31.3 Å². The van der Waals surface area contributed by atoms with Crippen LogP contribution in [0.5, 0.6) is 0 Å². The van der Waals surface area contributed by atoms with Crippen molar-refractivity contribution in [2.75, 3.05) is 57.0 Å². The van der Waals surface area contributed by atoms with Gasteiger partial charge in [-0.05, 0) is 37.5 Å². The Morgan fingerprint density at radius 3 is 2.79 bits per heavy atom. The highest BCUT2D eigenvalue weighted by Crippen LogP contribution is 2.33. The Balaban J connectivity index is 1.23. The van der Waals surface area contributed by atoms with Crippen LogP contribution in [0.1, 0.15) is 25.0 Å². The minimum atomic E-state index is -0.818. The molecule has 3 aliphatic rings. The lowest BCUT2D eigenvalue weighted by atomic mass is 10.1. The number of thioether (sulfide) groups is 1. The molecular weight excluding hydrogens is 462 g/mol. The number of rotatable bonds is 6. The summed E-state index contributed by atoms with van der Waals surface area (Å²) in [5.41, 5.74) is 3.16. The van der Waals surface area contributed by atoms with Crippen molar-refractivity contribution in [1.29, 1.82) is 0 Å². The molecule has 33 heavy (non-hydrogen) atoms. The van der Waals surface area contributed by atoms with Gasteiger partial charge in [0.05, 0.1) is 22.9 Å². The molecule has 1 aromatic carbocycles. The summed E-state index contributed by atoms with van der Waals surface area (Å²) < 4.78 is 5.48. The number of piperazine rings is 1. The zero-order valence-electron chi connectivity index (χ0n) is 18.6. The van der Waals surface area contributed by atoms with E-state index in [1.54, 1.807) is 11.8 Å². The third kappa shape index (κ3) is 5.42. The average molecular weight is 492 g/mol. The molecule has 5 rings (SSSR count). The number of carbonyl (C=O) groups is 1. The number of carboxylic acid groups (broad SMARTS) is 1. The summed E-state index contributed by atoms with van der Waals surface area (Å²) >= 11 is 8.22. The number of H-pyrrole nitrogens is 1. The first-order chi connectivity index (χ1) is 16.0. The Morgan fingerprint density at radius 2 is 2.03 bits per heavy atom. The minimum Gasteiger partial charge on any atom is -0.465 e. The molecule has 3 N–H and O–H groups in total. The van der Waals surface area contributed by atoms with Crippen LogP contribution in [0, 0.1) is 0 Å². The molecule has 0 unspecified atom stereocenters. The van der Waals surface area contributed by atoms with Gasteiger partial charge in [0.2, 0.25) is 0 Å². The number of fused-ring (bicyclic) bond motifs is 1. The van der Waals surface area contributed by atoms with Crippen LogP contribution in [0.3, 0.4) is 0 Å². The summed E-state index contributed by atoms with van der Waals surface area (Å²) in [6.45, 7) is 5.32. The number of aromatic nitrogens is 1. The number of amides is 1. The Labute approximate surface area is 202 Å². The molecule has 0 aliphatic carbocycles. The van der Waals surface area contributed by atoms with Crippen LogP contribution >= 0.6 is 23.4 Å². The molecule has 178 valence electrons. The lowest BCUT2D eigenvalue weighted by Gasteiger charge is -2.33. The van der Waals surface area contributed by atoms with Crippen LogP contribution in [0.15, 0.2) is 23.2 Å². The van der Waals surface area contributed by atoms with Gasteiger partial charge in [0.1, 0.15) is 5.04 Å². The molecule has 0 radical (unpaired) electrons. The second kappa shape index (κ2) is 10.1. The number of nitrogens with one attached hydrogen (secondary N) is 2. The third-order valence-electron chi connectivity index (χ3n) is 6.64. The van der Waals surface area contributed by atoms with Gasteiger partial charge >= 0.3 is 6.09 Å². The third-order valence-corrected chi connectivity index (χ3v) is 8.01. The molecule has 1 amide bonds. The average Bonchev–Trinajstić information content (AvgIpc) is 3.46. The molecule has 2 saturated heterocycles. The first kappa shape index (κ1) is 22.8. The van der Waals surface area contributed by atoms with Crippen molar-refractivity contribution < 1.29 is 14.6 Å². The van der Waals surface area contributed by atoms with Crippen LogP contribution in [0.2, 0.25) is 5.02 Å². The largest absolute Gasteiger partial charge is 0.465 e. The fourth-order valence-electron chi connectivity index (χ4n) is 4.70. The SMILES string of the molecule is O=C(O)N1CCN(CC[C@@H]2CSC(c3cc4cc(Cl)cc(NC5CCOCC5)c4[nH]3)=N2)CC1. The van der Waals surface area contributed by atoms with Crippen molar-refractivity contribution in [3.8, 4) is 0 Å². The second-order valence-corrected chi connectivity index (χ2v) is 10.4. The molecule has 2 fully saturated rings. The summed E-state index contributed by atoms with van der Waals surface area (Å²) in [7, 11) is 0. The molecule has 8 nitrogen and oxygen atoms in total. The molecule has 1 atom stereocenters. The van der Waals surface area contributed by atoms with Crippen molar-refractivity contribution in [3.63, 3.8) is 0 Å². The van der Waals surface area contributed by atoms with Crippen molar-refractivity contribution >= 4 is 51.1 Å². The number of halogens is 1. The molecule has 3 aliphatic heterocycles. The van der Waals surface area contributed by atoms with E-state index < -0.39 is 6.09 Å². The summed E-state index contributed by atoms with van der Waals surface area (Å²) in [4.78, 5) is 23.5. The van der Waals surface area contributed by atoms with Gasteiger partial charge < -0.3 is 25.0 Å². The summed E-state index contributed by atoms with van der Waals surface area (Å²) in [5.74, 6) is 0.980. The highest BCUT2D eigenvalue weighted by atomic mass is 35.5. The number of hydrogen-bond acceptors (Lipinski definition) is 6. The predicted molar refractivity (Wildman–Crippen MR) is 134 cm³/mol. The van der Waals surface area contributed by atoms with Crippen molar-refractivity contribution in [1.82, 2.24) is 14.8 Å². The fourth-order valence-corrected chi connectivity index (χ4v) is 6.01. The van der Waals surface area contributed by atoms with Gasteiger partial charge in [-0.3, -0.25) is 9.89 Å². The van der Waals surface area contributed by atoms with Gasteiger partial charge in [-0.15, -0.1) is 11.8 Å². The Kier molecular flexibility index (Phi) is 7.01. The molecule has 10 heteroatoms. The van der Waals surface area contributed by atoms with Crippen LogP contribution in [0.25, 0.3) is 10.9 Å². The highest BCUT2D eigenvalue weighted by Gasteiger charge is 2.25. The van der Waals surface area contributed by atoms with Gasteiger partial charge in [-0.2, -0.15) is 0 Å². The summed E-state index contributed by atoms with van der Waals surface area (Å²) in [6, 6.07) is 6.83. The Hall–Kier alpha value is -1.94. The lowest BCUT2D eigenvalue weighted by Crippen LogP contribution is -2.48. The zero-order valence-corrected chi connectivity index (χ0v) is 20.1. The number of aromatic amines is 1. The van der Waals surface area contributed by atoms with E-state index in [1.807, 2.05) is 12.1 Å². The molecule has 0 saturated carbocycles. The van der Waals surface area contributed by atoms with E-state index in [0.29, 0.717) is 19.1 Å². The maximum atomic E-state index is 11.1. The van der Waals surface area contributed by atoms with Gasteiger partial charge in [0.25, 0.3) is 0 Å². The maximum Gasteiger partial charge on any atom is 0.407 e. The van der Waals surface area contributed by atoms with E-state index in [-0.39, 0.29) is 6.04 Å². The topological polar surface area (TPSA) is 93.2 Å². The van der Waals surface area contributed by atoms with Gasteiger partial charge in [-0.1, -0.05) is 11.6 Å². The van der Waals surface area contributed by atoms with Crippen LogP contribution < -0.4 is 5.32 Å². The van der Waals surface area contributed by atoms with E-state index in [9.17, 15) is 4.79 Å². The zero-order chi connectivity index (χ0) is 22.8. The number of aliphatic imine (C=N–C) groups is 1. The maximum absolute atomic E-state index is 11.1. The number of hydrogen-bond donors (Lipinski definition) is 3.